The quantitative estimate of drug-likeness (QED) is 0.426. The summed E-state index contributed by atoms with van der Waals surface area (Å²) in [7, 11) is 0. The molecule has 0 atom stereocenters. The number of nitrogens with one attached hydrogen (secondary N) is 1. The Bertz CT molecular complexity index is 1130. The van der Waals surface area contributed by atoms with Crippen LogP contribution in [0.3, 0.4) is 0 Å². The Kier molecular flexibility index (Phi) is 5.10. The van der Waals surface area contributed by atoms with E-state index in [0.29, 0.717) is 24.3 Å². The van der Waals surface area contributed by atoms with Crippen LogP contribution in [-0.4, -0.2) is 27.0 Å². The Morgan fingerprint density at radius 1 is 0.967 bits per heavy atom. The molecule has 30 heavy (non-hydrogen) atoms. The highest BCUT2D eigenvalue weighted by molar-refractivity contribution is 5.82. The maximum atomic E-state index is 5.72. The fourth-order valence-electron chi connectivity index (χ4n) is 3.79. The molecule has 1 fully saturated rings. The number of nitrogens with zero attached hydrogens (tertiary/aromatic N) is 3. The predicted octanol–water partition coefficient (Wildman–Crippen LogP) is 5.82. The molecular formula is C25H26N4O. The van der Waals surface area contributed by atoms with Gasteiger partial charge in [-0.05, 0) is 37.8 Å². The van der Waals surface area contributed by atoms with Crippen LogP contribution < -0.4 is 10.1 Å². The molecule has 0 bridgehead atoms. The summed E-state index contributed by atoms with van der Waals surface area (Å²) in [6, 6.07) is 21.5. The summed E-state index contributed by atoms with van der Waals surface area (Å²) in [5.74, 6) is 1.26. The van der Waals surface area contributed by atoms with Crippen molar-refractivity contribution in [3.8, 4) is 28.4 Å². The molecular weight excluding hydrogens is 372 g/mol. The zero-order valence-electron chi connectivity index (χ0n) is 17.2. The van der Waals surface area contributed by atoms with Crippen LogP contribution in [0.25, 0.3) is 28.3 Å². The van der Waals surface area contributed by atoms with Crippen LogP contribution in [0.5, 0.6) is 5.88 Å². The van der Waals surface area contributed by atoms with E-state index in [4.69, 9.17) is 9.72 Å². The van der Waals surface area contributed by atoms with Crippen molar-refractivity contribution in [2.45, 2.75) is 38.6 Å². The van der Waals surface area contributed by atoms with Gasteiger partial charge in [-0.25, -0.2) is 4.98 Å². The van der Waals surface area contributed by atoms with Gasteiger partial charge in [-0.3, -0.25) is 4.40 Å². The molecule has 0 spiro atoms. The molecule has 4 aromatic rings. The van der Waals surface area contributed by atoms with Crippen LogP contribution in [0, 0.1) is 0 Å². The second kappa shape index (κ2) is 8.19. The number of rotatable bonds is 7. The van der Waals surface area contributed by atoms with Gasteiger partial charge < -0.3 is 10.1 Å². The number of anilines is 1. The Balaban J connectivity index is 1.57. The summed E-state index contributed by atoms with van der Waals surface area (Å²) >= 11 is 0. The molecule has 2 heterocycles. The van der Waals surface area contributed by atoms with E-state index in [1.165, 1.54) is 24.9 Å². The van der Waals surface area contributed by atoms with Gasteiger partial charge in [0, 0.05) is 35.1 Å². The van der Waals surface area contributed by atoms with Crippen LogP contribution in [0.2, 0.25) is 0 Å². The average Bonchev–Trinajstić information content (AvgIpc) is 3.14. The molecule has 5 heteroatoms. The number of fused-ring (bicyclic) bond motifs is 1. The van der Waals surface area contributed by atoms with Crippen molar-refractivity contribution < 1.29 is 4.74 Å². The van der Waals surface area contributed by atoms with Crippen molar-refractivity contribution in [1.82, 2.24) is 14.4 Å². The fraction of sp³-hybridized carbons (Fsp3) is 0.280. The Morgan fingerprint density at radius 3 is 2.47 bits per heavy atom. The molecule has 0 aliphatic heterocycles. The molecule has 152 valence electrons. The third-order valence-corrected chi connectivity index (χ3v) is 5.60. The summed E-state index contributed by atoms with van der Waals surface area (Å²) < 4.78 is 7.77. The summed E-state index contributed by atoms with van der Waals surface area (Å²) in [5.41, 5.74) is 5.33. The molecule has 1 N–H and O–H groups in total. The lowest BCUT2D eigenvalue weighted by molar-refractivity contribution is 0.305. The first-order valence-electron chi connectivity index (χ1n) is 10.8. The standard InChI is InChI=1S/C25H26N4O/c1-2-17-30-22-15-16-29-24(19-7-4-3-5-8-19)23(28-25(29)27-22)18-11-13-21(14-12-18)26-20-9-6-10-20/h3-5,7-8,11-16,20,26H,2,6,9-10,17H2,1H3. The first-order chi connectivity index (χ1) is 14.8. The molecule has 0 amide bonds. The number of ether oxygens (including phenoxy) is 1. The summed E-state index contributed by atoms with van der Waals surface area (Å²) in [6.45, 7) is 2.74. The smallest absolute Gasteiger partial charge is 0.238 e. The third-order valence-electron chi connectivity index (χ3n) is 5.60. The first-order valence-corrected chi connectivity index (χ1v) is 10.8. The summed E-state index contributed by atoms with van der Waals surface area (Å²) in [4.78, 5) is 9.54. The van der Waals surface area contributed by atoms with Gasteiger partial charge in [0.15, 0.2) is 0 Å². The van der Waals surface area contributed by atoms with Crippen LogP contribution in [0.4, 0.5) is 5.69 Å². The molecule has 5 rings (SSSR count). The minimum absolute atomic E-state index is 0.612. The van der Waals surface area contributed by atoms with Crippen molar-refractivity contribution >= 4 is 11.5 Å². The summed E-state index contributed by atoms with van der Waals surface area (Å²) in [5, 5.41) is 3.60. The van der Waals surface area contributed by atoms with Crippen molar-refractivity contribution in [3.05, 3.63) is 66.9 Å². The van der Waals surface area contributed by atoms with E-state index in [9.17, 15) is 0 Å². The predicted molar refractivity (Wildman–Crippen MR) is 121 cm³/mol. The lowest BCUT2D eigenvalue weighted by Crippen LogP contribution is -2.26. The Morgan fingerprint density at radius 2 is 1.77 bits per heavy atom. The van der Waals surface area contributed by atoms with Gasteiger partial charge in [0.1, 0.15) is 0 Å². The van der Waals surface area contributed by atoms with E-state index in [0.717, 1.165) is 28.9 Å². The van der Waals surface area contributed by atoms with Crippen LogP contribution in [0.1, 0.15) is 32.6 Å². The fourth-order valence-corrected chi connectivity index (χ4v) is 3.79. The van der Waals surface area contributed by atoms with Gasteiger partial charge >= 0.3 is 0 Å². The van der Waals surface area contributed by atoms with Crippen LogP contribution in [0.15, 0.2) is 66.9 Å². The lowest BCUT2D eigenvalue weighted by atomic mass is 9.93. The second-order valence-corrected chi connectivity index (χ2v) is 7.81. The Labute approximate surface area is 176 Å². The van der Waals surface area contributed by atoms with Gasteiger partial charge in [0.25, 0.3) is 0 Å². The maximum Gasteiger partial charge on any atom is 0.238 e. The topological polar surface area (TPSA) is 51.5 Å². The van der Waals surface area contributed by atoms with Gasteiger partial charge in [0.05, 0.1) is 18.0 Å². The van der Waals surface area contributed by atoms with Gasteiger partial charge in [-0.15, -0.1) is 0 Å². The van der Waals surface area contributed by atoms with Crippen molar-refractivity contribution in [1.29, 1.82) is 0 Å². The highest BCUT2D eigenvalue weighted by Gasteiger charge is 2.19. The summed E-state index contributed by atoms with van der Waals surface area (Å²) in [6.07, 6.45) is 6.80. The number of aromatic nitrogens is 3. The number of hydrogen-bond donors (Lipinski definition) is 1. The normalized spacial score (nSPS) is 13.9. The van der Waals surface area contributed by atoms with E-state index in [1.54, 1.807) is 0 Å². The molecule has 1 aliphatic rings. The van der Waals surface area contributed by atoms with Gasteiger partial charge in [0.2, 0.25) is 11.7 Å². The lowest BCUT2D eigenvalue weighted by Gasteiger charge is -2.27. The average molecular weight is 399 g/mol. The van der Waals surface area contributed by atoms with E-state index < -0.39 is 0 Å². The largest absolute Gasteiger partial charge is 0.478 e. The van der Waals surface area contributed by atoms with E-state index in [2.05, 4.69) is 65.8 Å². The molecule has 5 nitrogen and oxygen atoms in total. The molecule has 0 unspecified atom stereocenters. The Hall–Kier alpha value is -3.34. The van der Waals surface area contributed by atoms with E-state index >= 15 is 0 Å². The minimum atomic E-state index is 0.612. The van der Waals surface area contributed by atoms with Crippen LogP contribution >= 0.6 is 0 Å². The maximum absolute atomic E-state index is 5.72. The van der Waals surface area contributed by atoms with Crippen molar-refractivity contribution in [2.24, 2.45) is 0 Å². The molecule has 0 radical (unpaired) electrons. The first kappa shape index (κ1) is 18.7. The zero-order valence-corrected chi connectivity index (χ0v) is 17.2. The third kappa shape index (κ3) is 3.63. The molecule has 1 saturated carbocycles. The van der Waals surface area contributed by atoms with Crippen LogP contribution in [-0.2, 0) is 0 Å². The molecule has 1 aliphatic carbocycles. The van der Waals surface area contributed by atoms with E-state index in [-0.39, 0.29) is 0 Å². The molecule has 2 aromatic carbocycles. The monoisotopic (exact) mass is 398 g/mol. The van der Waals surface area contributed by atoms with E-state index in [1.807, 2.05) is 22.7 Å². The SMILES string of the molecule is CCCOc1ccn2c(-c3ccccc3)c(-c3ccc(NC4CCC4)cc3)nc2n1. The number of imidazole rings is 1. The number of hydrogen-bond acceptors (Lipinski definition) is 4. The van der Waals surface area contributed by atoms with Crippen molar-refractivity contribution in [2.75, 3.05) is 11.9 Å². The zero-order chi connectivity index (χ0) is 20.3. The van der Waals surface area contributed by atoms with Crippen molar-refractivity contribution in [3.63, 3.8) is 0 Å². The molecule has 2 aromatic heterocycles. The van der Waals surface area contributed by atoms with Gasteiger partial charge in [-0.1, -0.05) is 49.4 Å². The highest BCUT2D eigenvalue weighted by atomic mass is 16.5. The second-order valence-electron chi connectivity index (χ2n) is 7.81. The molecule has 0 saturated heterocycles. The van der Waals surface area contributed by atoms with Gasteiger partial charge in [-0.2, -0.15) is 4.98 Å². The number of benzene rings is 2. The minimum Gasteiger partial charge on any atom is -0.478 e. The highest BCUT2D eigenvalue weighted by Crippen LogP contribution is 2.33.